The van der Waals surface area contributed by atoms with E-state index in [1.807, 2.05) is 34.6 Å². The van der Waals surface area contributed by atoms with E-state index < -0.39 is 31.7 Å². The number of hydrogen-bond acceptors (Lipinski definition) is 8. The Labute approximate surface area is 401 Å². The molecule has 0 amide bonds. The quantitative estimate of drug-likeness (QED) is 0.0788. The third kappa shape index (κ3) is 16.6. The van der Waals surface area contributed by atoms with Gasteiger partial charge in [0.15, 0.2) is 5.88 Å². The van der Waals surface area contributed by atoms with Gasteiger partial charge in [-0.25, -0.2) is 24.9 Å². The van der Waals surface area contributed by atoms with Crippen molar-refractivity contribution in [1.29, 1.82) is 0 Å². The van der Waals surface area contributed by atoms with Gasteiger partial charge in [-0.15, -0.1) is 0 Å². The van der Waals surface area contributed by atoms with Gasteiger partial charge in [0.1, 0.15) is 17.4 Å². The number of ether oxygens (including phenoxy) is 3. The van der Waals surface area contributed by atoms with Crippen molar-refractivity contribution >= 4 is 26.0 Å². The summed E-state index contributed by atoms with van der Waals surface area (Å²) in [6, 6.07) is 6.60. The minimum atomic E-state index is -0.972. The van der Waals surface area contributed by atoms with E-state index in [9.17, 15) is 4.79 Å². The van der Waals surface area contributed by atoms with Crippen molar-refractivity contribution in [1.82, 2.24) is 20.0 Å². The first-order chi connectivity index (χ1) is 30.2. The highest BCUT2D eigenvalue weighted by Gasteiger charge is 2.34. The maximum absolute atomic E-state index is 13.9. The minimum absolute atomic E-state index is 0.117. The van der Waals surface area contributed by atoms with Gasteiger partial charge in [0.2, 0.25) is 0 Å². The molecule has 4 rings (SSSR count). The molecular weight excluding hydrogens is 845 g/mol. The van der Waals surface area contributed by atoms with Crippen LogP contribution in [-0.2, 0) is 36.9 Å². The number of nitrogens with one attached hydrogen (secondary N) is 1. The molecule has 65 heavy (non-hydrogen) atoms. The summed E-state index contributed by atoms with van der Waals surface area (Å²) in [6.45, 7) is 30.2. The molecule has 368 valence electrons. The van der Waals surface area contributed by atoms with E-state index in [4.69, 9.17) is 14.2 Å². The summed E-state index contributed by atoms with van der Waals surface area (Å²) >= 11 is 0. The zero-order chi connectivity index (χ0) is 49.0. The number of esters is 1. The summed E-state index contributed by atoms with van der Waals surface area (Å²) in [5.74, 6) is 3.13. The van der Waals surface area contributed by atoms with E-state index in [1.54, 1.807) is 0 Å². The number of hydrogen-bond donors (Lipinski definition) is 1. The monoisotopic (exact) mass is 937 g/mol. The fraction of sp³-hybridized carbons (Fsp3) is 0.618. The zero-order valence-corrected chi connectivity index (χ0v) is 45.9. The van der Waals surface area contributed by atoms with Crippen LogP contribution in [0.5, 0.6) is 0 Å². The Morgan fingerprint density at radius 3 is 2.02 bits per heavy atom. The van der Waals surface area contributed by atoms with Gasteiger partial charge in [-0.05, 0) is 129 Å². The van der Waals surface area contributed by atoms with Crippen molar-refractivity contribution in [2.45, 2.75) is 153 Å². The summed E-state index contributed by atoms with van der Waals surface area (Å²) in [4.78, 5) is 20.8. The lowest BCUT2D eigenvalue weighted by atomic mass is 9.97. The molecule has 1 aromatic rings. The van der Waals surface area contributed by atoms with Crippen LogP contribution in [0.3, 0.4) is 0 Å². The van der Waals surface area contributed by atoms with Gasteiger partial charge >= 0.3 is 5.97 Å². The molecule has 0 saturated carbocycles. The fourth-order valence-corrected chi connectivity index (χ4v) is 10.5. The summed E-state index contributed by atoms with van der Waals surface area (Å²) in [6.07, 6.45) is 33.5. The third-order valence-electron chi connectivity index (χ3n) is 13.1. The van der Waals surface area contributed by atoms with Gasteiger partial charge in [-0.2, -0.15) is 0 Å². The van der Waals surface area contributed by atoms with Crippen LogP contribution in [0.15, 0.2) is 103 Å². The molecule has 0 spiro atoms. The van der Waals surface area contributed by atoms with Gasteiger partial charge in [-0.3, -0.25) is 0 Å². The Balaban J connectivity index is 0.00000553. The number of unbranched alkanes of at least 4 members (excludes halogenated alkanes) is 3. The predicted molar refractivity (Wildman–Crippen MR) is 287 cm³/mol. The molecule has 3 aliphatic heterocycles. The van der Waals surface area contributed by atoms with Crippen LogP contribution in [0.4, 0.5) is 0 Å². The zero-order valence-electron chi connectivity index (χ0n) is 44.2. The Hall–Kier alpha value is -3.63. The highest BCUT2D eigenvalue weighted by atomic mass is 32.3. The van der Waals surface area contributed by atoms with Crippen LogP contribution >= 0.6 is 20.1 Å². The standard InChI is InChI=1S/C53H86N4O4S2.C2H6/c1-40(61-51(2,3)4)54-45(35-41-28-29-42(38-62(14,15)52(5,6)7)43(34-41)39-63(16,17)53(8,9)10)50(58)60-33-25-19-18-24-32-59-44-36-48(46-26-20-22-30-55(46)11)57(13)49(37-44)47-27-21-23-31-56(47)12;1-2/h20-23,26-30,34,36-37,45-46,48,54H,1,18-19,24-25,31-33,35,38-39H2,2-17H3;1-2H3. The van der Waals surface area contributed by atoms with E-state index >= 15 is 0 Å². The third-order valence-corrected chi connectivity index (χ3v) is 21.8. The Morgan fingerprint density at radius 1 is 0.815 bits per heavy atom. The minimum Gasteiger partial charge on any atom is -0.494 e. The summed E-state index contributed by atoms with van der Waals surface area (Å²) in [5, 5.41) is 3.31. The van der Waals surface area contributed by atoms with Gasteiger partial charge in [-0.1, -0.05) is 97.9 Å². The second-order valence-corrected chi connectivity index (χ2v) is 30.8. The lowest BCUT2D eigenvalue weighted by molar-refractivity contribution is -0.146. The van der Waals surface area contributed by atoms with Crippen LogP contribution in [0.1, 0.15) is 119 Å². The van der Waals surface area contributed by atoms with Crippen molar-refractivity contribution < 1.29 is 19.0 Å². The molecular formula is C55H92N4O4S2. The molecule has 1 aromatic carbocycles. The SMILES string of the molecule is C=C(NC(Cc1ccc(CS(C)(C)C(C)(C)C)c(CS(C)(C)C(C)(C)C)c1)C(=O)OCCCCCCOC1=CC(C2C=CC=CN2C)N(C)C(C2=CC=CCN2C)=C1)OC(C)(C)C.CC. The average Bonchev–Trinajstić information content (AvgIpc) is 3.19. The molecule has 0 aliphatic carbocycles. The second-order valence-electron chi connectivity index (χ2n) is 21.6. The lowest BCUT2D eigenvalue weighted by Crippen LogP contribution is -2.48. The number of rotatable bonds is 20. The predicted octanol–water partition coefficient (Wildman–Crippen LogP) is 12.2. The highest BCUT2D eigenvalue weighted by molar-refractivity contribution is 8.33. The number of carbonyl (C=O) groups excluding carboxylic acids is 1. The number of carbonyl (C=O) groups is 1. The smallest absolute Gasteiger partial charge is 0.328 e. The molecule has 0 aromatic heterocycles. The molecule has 0 saturated heterocycles. The first kappa shape index (κ1) is 55.7. The van der Waals surface area contributed by atoms with Crippen molar-refractivity contribution in [3.05, 3.63) is 119 Å². The topological polar surface area (TPSA) is 66.5 Å². The highest BCUT2D eigenvalue weighted by Crippen LogP contribution is 2.58. The van der Waals surface area contributed by atoms with Crippen molar-refractivity contribution in [2.24, 2.45) is 0 Å². The molecule has 3 unspecified atom stereocenters. The molecule has 0 bridgehead atoms. The van der Waals surface area contributed by atoms with Crippen molar-refractivity contribution in [3.63, 3.8) is 0 Å². The maximum Gasteiger partial charge on any atom is 0.328 e. The molecule has 3 atom stereocenters. The number of benzene rings is 1. The average molecular weight is 937 g/mol. The van der Waals surface area contributed by atoms with Crippen molar-refractivity contribution in [3.8, 4) is 0 Å². The largest absolute Gasteiger partial charge is 0.494 e. The van der Waals surface area contributed by atoms with Crippen LogP contribution in [0, 0.1) is 0 Å². The van der Waals surface area contributed by atoms with Crippen LogP contribution in [0.2, 0.25) is 0 Å². The van der Waals surface area contributed by atoms with E-state index in [-0.39, 0.29) is 27.5 Å². The Kier molecular flexibility index (Phi) is 20.5. The molecule has 10 heteroatoms. The second kappa shape index (κ2) is 23.9. The number of likely N-dealkylation sites (N-methyl/N-ethyl adjacent to an activating group) is 3. The first-order valence-electron chi connectivity index (χ1n) is 24.0. The molecule has 3 heterocycles. The van der Waals surface area contributed by atoms with Gasteiger partial charge in [0, 0.05) is 51.7 Å². The molecule has 0 radical (unpaired) electrons. The summed E-state index contributed by atoms with van der Waals surface area (Å²) in [7, 11) is 4.56. The van der Waals surface area contributed by atoms with E-state index in [0.29, 0.717) is 25.5 Å². The summed E-state index contributed by atoms with van der Waals surface area (Å²) < 4.78 is 18.9. The van der Waals surface area contributed by atoms with E-state index in [0.717, 1.165) is 60.8 Å². The van der Waals surface area contributed by atoms with Gasteiger partial charge in [0.05, 0.1) is 36.7 Å². The van der Waals surface area contributed by atoms with Crippen molar-refractivity contribution in [2.75, 3.05) is 65.9 Å². The van der Waals surface area contributed by atoms with E-state index in [2.05, 4.69) is 187 Å². The fourth-order valence-electron chi connectivity index (χ4n) is 7.57. The lowest BCUT2D eigenvalue weighted by Gasteiger charge is -2.47. The van der Waals surface area contributed by atoms with Crippen LogP contribution in [-0.4, -0.2) is 120 Å². The number of nitrogens with zero attached hydrogens (tertiary/aromatic N) is 3. The summed E-state index contributed by atoms with van der Waals surface area (Å²) in [5.41, 5.74) is 5.87. The van der Waals surface area contributed by atoms with Gasteiger partial charge < -0.3 is 34.2 Å². The van der Waals surface area contributed by atoms with Gasteiger partial charge in [0.25, 0.3) is 0 Å². The first-order valence-corrected chi connectivity index (χ1v) is 29.2. The molecule has 8 nitrogen and oxygen atoms in total. The number of allylic oxidation sites excluding steroid dienone is 5. The maximum atomic E-state index is 13.9. The van der Waals surface area contributed by atoms with Crippen LogP contribution < -0.4 is 5.32 Å². The molecule has 3 aliphatic rings. The Bertz CT molecular complexity index is 1920. The van der Waals surface area contributed by atoms with E-state index in [1.165, 1.54) is 16.8 Å². The molecule has 0 fully saturated rings. The molecule has 1 N–H and O–H groups in total. The van der Waals surface area contributed by atoms with Crippen LogP contribution in [0.25, 0.3) is 0 Å². The Morgan fingerprint density at radius 2 is 1.43 bits per heavy atom. The normalized spacial score (nSPS) is 19.0.